The number of methoxy groups -OCH3 is 1. The van der Waals surface area contributed by atoms with Gasteiger partial charge in [0, 0.05) is 0 Å². The van der Waals surface area contributed by atoms with Gasteiger partial charge in [0.1, 0.15) is 11.5 Å². The molecule has 110 valence electrons. The molecule has 1 aliphatic heterocycles. The van der Waals surface area contributed by atoms with Gasteiger partial charge in [-0.2, -0.15) is 0 Å². The maximum atomic E-state index is 5.95. The summed E-state index contributed by atoms with van der Waals surface area (Å²) in [6.07, 6.45) is 0.116. The fourth-order valence-electron chi connectivity index (χ4n) is 2.55. The Kier molecular flexibility index (Phi) is 3.60. The zero-order valence-corrected chi connectivity index (χ0v) is 12.6. The highest BCUT2D eigenvalue weighted by atomic mass is 16.5. The Bertz CT molecular complexity index is 653. The molecule has 0 atom stereocenters. The van der Waals surface area contributed by atoms with Gasteiger partial charge in [0.15, 0.2) is 0 Å². The van der Waals surface area contributed by atoms with Gasteiger partial charge < -0.3 is 20.1 Å². The summed E-state index contributed by atoms with van der Waals surface area (Å²) in [6, 6.07) is 12.2. The maximum Gasteiger partial charge on any atom is 0.131 e. The Labute approximate surface area is 125 Å². The number of anilines is 2. The molecule has 0 spiro atoms. The molecular weight excluding hydrogens is 264 g/mol. The Morgan fingerprint density at radius 3 is 2.52 bits per heavy atom. The summed E-state index contributed by atoms with van der Waals surface area (Å²) in [6.45, 7) is 4.81. The highest BCUT2D eigenvalue weighted by molar-refractivity contribution is 5.84. The molecule has 0 fully saturated rings. The van der Waals surface area contributed by atoms with Gasteiger partial charge in [-0.05, 0) is 43.7 Å². The van der Waals surface area contributed by atoms with E-state index in [0.29, 0.717) is 0 Å². The lowest BCUT2D eigenvalue weighted by Crippen LogP contribution is -2.07. The molecule has 0 aromatic heterocycles. The topological polar surface area (TPSA) is 42.5 Å². The van der Waals surface area contributed by atoms with Crippen molar-refractivity contribution in [3.05, 3.63) is 36.4 Å². The van der Waals surface area contributed by atoms with Crippen LogP contribution in [0.3, 0.4) is 0 Å². The molecule has 0 radical (unpaired) electrons. The van der Waals surface area contributed by atoms with Crippen LogP contribution in [0.4, 0.5) is 11.4 Å². The number of rotatable bonds is 4. The number of fused-ring (bicyclic) bond motifs is 1. The average Bonchev–Trinajstić information content (AvgIpc) is 2.93. The summed E-state index contributed by atoms with van der Waals surface area (Å²) in [5, 5.41) is 6.60. The van der Waals surface area contributed by atoms with Crippen molar-refractivity contribution in [1.29, 1.82) is 0 Å². The second kappa shape index (κ2) is 5.56. The molecule has 2 aromatic carbocycles. The van der Waals surface area contributed by atoms with Crippen molar-refractivity contribution >= 4 is 11.4 Å². The molecule has 0 unspecified atom stereocenters. The molecule has 0 saturated carbocycles. The molecular formula is C17H20N2O2. The van der Waals surface area contributed by atoms with E-state index >= 15 is 0 Å². The zero-order chi connectivity index (χ0) is 14.8. The number of benzene rings is 2. The predicted octanol–water partition coefficient (Wildman–Crippen LogP) is 3.94. The van der Waals surface area contributed by atoms with Gasteiger partial charge in [-0.3, -0.25) is 0 Å². The molecule has 1 aliphatic rings. The first-order chi connectivity index (χ1) is 10.2. The monoisotopic (exact) mass is 284 g/mol. The van der Waals surface area contributed by atoms with Gasteiger partial charge in [0.05, 0.1) is 36.8 Å². The summed E-state index contributed by atoms with van der Waals surface area (Å²) < 4.78 is 11.5. The second-order valence-electron chi connectivity index (χ2n) is 5.29. The van der Waals surface area contributed by atoms with Crippen molar-refractivity contribution in [2.24, 2.45) is 0 Å². The van der Waals surface area contributed by atoms with E-state index in [1.165, 1.54) is 0 Å². The highest BCUT2D eigenvalue weighted by Gasteiger charge is 2.16. The van der Waals surface area contributed by atoms with Crippen molar-refractivity contribution in [3.63, 3.8) is 0 Å². The van der Waals surface area contributed by atoms with Crippen LogP contribution in [0.5, 0.6) is 11.5 Å². The summed E-state index contributed by atoms with van der Waals surface area (Å²) in [5.74, 6) is 1.66. The molecule has 4 heteroatoms. The molecule has 0 aliphatic carbocycles. The van der Waals surface area contributed by atoms with Crippen molar-refractivity contribution in [2.45, 2.75) is 20.0 Å². The van der Waals surface area contributed by atoms with Crippen molar-refractivity contribution < 1.29 is 9.47 Å². The van der Waals surface area contributed by atoms with E-state index in [0.717, 1.165) is 40.7 Å². The third kappa shape index (κ3) is 2.61. The molecule has 1 heterocycles. The average molecular weight is 284 g/mol. The van der Waals surface area contributed by atoms with Gasteiger partial charge in [-0.25, -0.2) is 0 Å². The Morgan fingerprint density at radius 2 is 1.76 bits per heavy atom. The first kappa shape index (κ1) is 13.6. The summed E-state index contributed by atoms with van der Waals surface area (Å²) in [4.78, 5) is 0. The normalized spacial score (nSPS) is 12.6. The van der Waals surface area contributed by atoms with E-state index < -0.39 is 0 Å². The quantitative estimate of drug-likeness (QED) is 0.892. The smallest absolute Gasteiger partial charge is 0.131 e. The molecule has 0 bridgehead atoms. The van der Waals surface area contributed by atoms with E-state index in [-0.39, 0.29) is 6.10 Å². The SMILES string of the molecule is COc1cccc(OC(C)C)c1-c1ccc2c(c1)NCN2. The molecule has 4 nitrogen and oxygen atoms in total. The Morgan fingerprint density at radius 1 is 1.00 bits per heavy atom. The number of hydrogen-bond donors (Lipinski definition) is 2. The van der Waals surface area contributed by atoms with E-state index in [1.54, 1.807) is 7.11 Å². The number of nitrogens with one attached hydrogen (secondary N) is 2. The first-order valence-corrected chi connectivity index (χ1v) is 7.15. The summed E-state index contributed by atoms with van der Waals surface area (Å²) >= 11 is 0. The fourth-order valence-corrected chi connectivity index (χ4v) is 2.55. The largest absolute Gasteiger partial charge is 0.496 e. The lowest BCUT2D eigenvalue weighted by Gasteiger charge is -2.17. The number of hydrogen-bond acceptors (Lipinski definition) is 4. The minimum Gasteiger partial charge on any atom is -0.496 e. The molecule has 0 saturated heterocycles. The van der Waals surface area contributed by atoms with Crippen LogP contribution >= 0.6 is 0 Å². The van der Waals surface area contributed by atoms with Crippen molar-refractivity contribution in [1.82, 2.24) is 0 Å². The maximum absolute atomic E-state index is 5.95. The highest BCUT2D eigenvalue weighted by Crippen LogP contribution is 2.41. The molecule has 21 heavy (non-hydrogen) atoms. The van der Waals surface area contributed by atoms with Crippen LogP contribution in [-0.2, 0) is 0 Å². The Balaban J connectivity index is 2.11. The van der Waals surface area contributed by atoms with E-state index in [9.17, 15) is 0 Å². The second-order valence-corrected chi connectivity index (χ2v) is 5.29. The lowest BCUT2D eigenvalue weighted by molar-refractivity contribution is 0.242. The third-order valence-electron chi connectivity index (χ3n) is 3.44. The molecule has 2 aromatic rings. The zero-order valence-electron chi connectivity index (χ0n) is 12.6. The molecule has 2 N–H and O–H groups in total. The van der Waals surface area contributed by atoms with Crippen LogP contribution in [0, 0.1) is 0 Å². The van der Waals surface area contributed by atoms with E-state index in [2.05, 4.69) is 28.8 Å². The fraction of sp³-hybridized carbons (Fsp3) is 0.294. The summed E-state index contributed by atoms with van der Waals surface area (Å²) in [5.41, 5.74) is 4.30. The van der Waals surface area contributed by atoms with Crippen LogP contribution in [-0.4, -0.2) is 19.9 Å². The minimum atomic E-state index is 0.116. The summed E-state index contributed by atoms with van der Waals surface area (Å²) in [7, 11) is 1.69. The van der Waals surface area contributed by atoms with Crippen LogP contribution in [0.1, 0.15) is 13.8 Å². The van der Waals surface area contributed by atoms with E-state index in [1.807, 2.05) is 32.0 Å². The van der Waals surface area contributed by atoms with Gasteiger partial charge in [0.25, 0.3) is 0 Å². The van der Waals surface area contributed by atoms with Gasteiger partial charge in [0.2, 0.25) is 0 Å². The van der Waals surface area contributed by atoms with Crippen LogP contribution in [0.2, 0.25) is 0 Å². The third-order valence-corrected chi connectivity index (χ3v) is 3.44. The minimum absolute atomic E-state index is 0.116. The van der Waals surface area contributed by atoms with Gasteiger partial charge in [-0.1, -0.05) is 12.1 Å². The van der Waals surface area contributed by atoms with Crippen LogP contribution in [0.25, 0.3) is 11.1 Å². The van der Waals surface area contributed by atoms with Crippen molar-refractivity contribution in [3.8, 4) is 22.6 Å². The Hall–Kier alpha value is -2.36. The van der Waals surface area contributed by atoms with E-state index in [4.69, 9.17) is 9.47 Å². The lowest BCUT2D eigenvalue weighted by atomic mass is 10.0. The van der Waals surface area contributed by atoms with Crippen molar-refractivity contribution in [2.75, 3.05) is 24.4 Å². The van der Waals surface area contributed by atoms with Gasteiger partial charge in [-0.15, -0.1) is 0 Å². The standard InChI is InChI=1S/C17H20N2O2/c1-11(2)21-16-6-4-5-15(20-3)17(16)12-7-8-13-14(9-12)19-10-18-13/h4-9,11,18-19H,10H2,1-3H3. The van der Waals surface area contributed by atoms with Gasteiger partial charge >= 0.3 is 0 Å². The van der Waals surface area contributed by atoms with Crippen LogP contribution in [0.15, 0.2) is 36.4 Å². The number of ether oxygens (including phenoxy) is 2. The molecule has 0 amide bonds. The first-order valence-electron chi connectivity index (χ1n) is 7.15. The predicted molar refractivity (Wildman–Crippen MR) is 86.3 cm³/mol. The van der Waals surface area contributed by atoms with Crippen LogP contribution < -0.4 is 20.1 Å². The molecule has 3 rings (SSSR count).